The van der Waals surface area contributed by atoms with Crippen LogP contribution in [0, 0.1) is 11.7 Å². The Labute approximate surface area is 114 Å². The first kappa shape index (κ1) is 13.8. The minimum atomic E-state index is -0.912. The molecule has 1 amide bonds. The van der Waals surface area contributed by atoms with Crippen LogP contribution in [0.3, 0.4) is 0 Å². The van der Waals surface area contributed by atoms with E-state index in [9.17, 15) is 14.0 Å². The number of hydrogen-bond acceptors (Lipinski definition) is 2. The summed E-state index contributed by atoms with van der Waals surface area (Å²) in [6, 6.07) is 3.35. The van der Waals surface area contributed by atoms with Crippen molar-refractivity contribution in [3.63, 3.8) is 0 Å². The fraction of sp³-hybridized carbons (Fsp3) is 0.385. The third-order valence-corrected chi connectivity index (χ3v) is 3.64. The van der Waals surface area contributed by atoms with Crippen molar-refractivity contribution in [2.24, 2.45) is 5.92 Å². The highest BCUT2D eigenvalue weighted by molar-refractivity contribution is 6.30. The Morgan fingerprint density at radius 2 is 2.11 bits per heavy atom. The summed E-state index contributed by atoms with van der Waals surface area (Å²) in [6.07, 6.45) is 1.94. The maximum absolute atomic E-state index is 13.3. The Morgan fingerprint density at radius 1 is 1.37 bits per heavy atom. The molecule has 0 aromatic heterocycles. The molecule has 2 N–H and O–H groups in total. The van der Waals surface area contributed by atoms with Gasteiger partial charge < -0.3 is 10.4 Å². The van der Waals surface area contributed by atoms with Gasteiger partial charge in [-0.1, -0.05) is 18.0 Å². The Balaban J connectivity index is 2.08. The van der Waals surface area contributed by atoms with Crippen LogP contribution >= 0.6 is 11.6 Å². The first-order chi connectivity index (χ1) is 8.99. The van der Waals surface area contributed by atoms with Crippen molar-refractivity contribution >= 4 is 23.5 Å². The fourth-order valence-corrected chi connectivity index (χ4v) is 2.44. The molecule has 2 unspecified atom stereocenters. The fourth-order valence-electron chi connectivity index (χ4n) is 2.32. The number of rotatable bonds is 3. The number of hydrogen-bond donors (Lipinski definition) is 2. The first-order valence-corrected chi connectivity index (χ1v) is 6.35. The second-order valence-corrected chi connectivity index (χ2v) is 4.99. The van der Waals surface area contributed by atoms with E-state index in [1.807, 2.05) is 0 Å². The molecule has 1 aromatic rings. The third-order valence-electron chi connectivity index (χ3n) is 3.33. The summed E-state index contributed by atoms with van der Waals surface area (Å²) in [5.74, 6) is -2.63. The van der Waals surface area contributed by atoms with E-state index in [1.165, 1.54) is 12.1 Å². The molecule has 0 aliphatic heterocycles. The topological polar surface area (TPSA) is 66.4 Å². The van der Waals surface area contributed by atoms with Crippen LogP contribution in [-0.2, 0) is 4.79 Å². The molecule has 1 fully saturated rings. The lowest BCUT2D eigenvalue weighted by molar-refractivity contribution is -0.142. The molecule has 2 atom stereocenters. The molecule has 0 bridgehead atoms. The van der Waals surface area contributed by atoms with Crippen LogP contribution in [0.2, 0.25) is 5.02 Å². The van der Waals surface area contributed by atoms with Crippen molar-refractivity contribution in [3.05, 3.63) is 34.6 Å². The Morgan fingerprint density at radius 3 is 2.74 bits per heavy atom. The van der Waals surface area contributed by atoms with Gasteiger partial charge in [0.2, 0.25) is 0 Å². The van der Waals surface area contributed by atoms with Gasteiger partial charge >= 0.3 is 5.97 Å². The molecule has 0 heterocycles. The summed E-state index contributed by atoms with van der Waals surface area (Å²) in [7, 11) is 0. The molecule has 4 nitrogen and oxygen atoms in total. The van der Waals surface area contributed by atoms with E-state index in [-0.39, 0.29) is 10.6 Å². The number of nitrogens with one attached hydrogen (secondary N) is 1. The molecule has 1 aromatic carbocycles. The summed E-state index contributed by atoms with van der Waals surface area (Å²) in [5, 5.41) is 11.6. The molecular weight excluding hydrogens is 273 g/mol. The molecule has 19 heavy (non-hydrogen) atoms. The summed E-state index contributed by atoms with van der Waals surface area (Å²) < 4.78 is 13.3. The summed E-state index contributed by atoms with van der Waals surface area (Å²) >= 11 is 5.54. The highest BCUT2D eigenvalue weighted by atomic mass is 35.5. The number of amides is 1. The first-order valence-electron chi connectivity index (χ1n) is 5.98. The lowest BCUT2D eigenvalue weighted by atomic mass is 10.0. The molecular formula is C13H13ClFNO3. The second kappa shape index (κ2) is 5.57. The molecule has 1 aliphatic carbocycles. The molecule has 1 saturated carbocycles. The van der Waals surface area contributed by atoms with E-state index in [0.717, 1.165) is 12.5 Å². The van der Waals surface area contributed by atoms with Crippen LogP contribution in [0.5, 0.6) is 0 Å². The molecule has 2 rings (SSSR count). The van der Waals surface area contributed by atoms with Crippen LogP contribution in [0.25, 0.3) is 0 Å². The maximum atomic E-state index is 13.3. The van der Waals surface area contributed by atoms with Crippen molar-refractivity contribution in [2.75, 3.05) is 0 Å². The van der Waals surface area contributed by atoms with Gasteiger partial charge in [0, 0.05) is 11.6 Å². The van der Waals surface area contributed by atoms with E-state index in [1.54, 1.807) is 0 Å². The van der Waals surface area contributed by atoms with Crippen molar-refractivity contribution in [1.29, 1.82) is 0 Å². The second-order valence-electron chi connectivity index (χ2n) is 4.58. The van der Waals surface area contributed by atoms with Crippen molar-refractivity contribution in [3.8, 4) is 0 Å². The standard InChI is InChI=1S/C13H13ClFNO3/c14-9-5-4-7(6-10(9)15)12(17)16-11-3-1-2-8(11)13(18)19/h4-6,8,11H,1-3H2,(H,16,17)(H,18,19). The zero-order chi connectivity index (χ0) is 14.0. The number of aliphatic carboxylic acids is 1. The Bertz CT molecular complexity index is 521. The van der Waals surface area contributed by atoms with E-state index in [2.05, 4.69) is 5.32 Å². The van der Waals surface area contributed by atoms with E-state index >= 15 is 0 Å². The predicted molar refractivity (Wildman–Crippen MR) is 67.6 cm³/mol. The number of halogens is 2. The zero-order valence-electron chi connectivity index (χ0n) is 10.0. The van der Waals surface area contributed by atoms with Crippen molar-refractivity contribution < 1.29 is 19.1 Å². The molecule has 1 aliphatic rings. The van der Waals surface area contributed by atoms with E-state index in [4.69, 9.17) is 16.7 Å². The van der Waals surface area contributed by atoms with Crippen LogP contribution < -0.4 is 5.32 Å². The third kappa shape index (κ3) is 3.04. The summed E-state index contributed by atoms with van der Waals surface area (Å²) in [5.41, 5.74) is 0.137. The number of carboxylic acids is 1. The lowest BCUT2D eigenvalue weighted by Crippen LogP contribution is -2.40. The quantitative estimate of drug-likeness (QED) is 0.896. The number of carboxylic acid groups (broad SMARTS) is 1. The molecule has 0 spiro atoms. The minimum absolute atomic E-state index is 0.0548. The van der Waals surface area contributed by atoms with Crippen LogP contribution in [-0.4, -0.2) is 23.0 Å². The van der Waals surface area contributed by atoms with Crippen LogP contribution in [0.1, 0.15) is 29.6 Å². The van der Waals surface area contributed by atoms with Crippen molar-refractivity contribution in [2.45, 2.75) is 25.3 Å². The molecule has 102 valence electrons. The van der Waals surface area contributed by atoms with Gasteiger partial charge in [0.25, 0.3) is 5.91 Å². The van der Waals surface area contributed by atoms with Gasteiger partial charge in [-0.3, -0.25) is 9.59 Å². The summed E-state index contributed by atoms with van der Waals surface area (Å²) in [6.45, 7) is 0. The predicted octanol–water partition coefficient (Wildman–Crippen LogP) is 2.46. The average Bonchev–Trinajstić information content (AvgIpc) is 2.80. The lowest BCUT2D eigenvalue weighted by Gasteiger charge is -2.17. The minimum Gasteiger partial charge on any atom is -0.481 e. The van der Waals surface area contributed by atoms with E-state index in [0.29, 0.717) is 12.8 Å². The summed E-state index contributed by atoms with van der Waals surface area (Å²) in [4.78, 5) is 22.9. The molecule has 6 heteroatoms. The van der Waals surface area contributed by atoms with E-state index < -0.39 is 29.7 Å². The smallest absolute Gasteiger partial charge is 0.308 e. The molecule has 0 saturated heterocycles. The normalized spacial score (nSPS) is 22.2. The Kier molecular flexibility index (Phi) is 4.04. The average molecular weight is 286 g/mol. The number of carbonyl (C=O) groups excluding carboxylic acids is 1. The van der Waals surface area contributed by atoms with Crippen LogP contribution in [0.4, 0.5) is 4.39 Å². The van der Waals surface area contributed by atoms with Gasteiger partial charge in [0.1, 0.15) is 5.82 Å². The van der Waals surface area contributed by atoms with Gasteiger partial charge in [-0.05, 0) is 31.0 Å². The van der Waals surface area contributed by atoms with Gasteiger partial charge in [0.15, 0.2) is 0 Å². The number of benzene rings is 1. The van der Waals surface area contributed by atoms with Crippen molar-refractivity contribution in [1.82, 2.24) is 5.32 Å². The van der Waals surface area contributed by atoms with Crippen LogP contribution in [0.15, 0.2) is 18.2 Å². The zero-order valence-corrected chi connectivity index (χ0v) is 10.8. The monoisotopic (exact) mass is 285 g/mol. The maximum Gasteiger partial charge on any atom is 0.308 e. The van der Waals surface area contributed by atoms with Gasteiger partial charge in [-0.15, -0.1) is 0 Å². The van der Waals surface area contributed by atoms with Gasteiger partial charge in [-0.25, -0.2) is 4.39 Å². The van der Waals surface area contributed by atoms with Gasteiger partial charge in [-0.2, -0.15) is 0 Å². The highest BCUT2D eigenvalue weighted by Gasteiger charge is 2.34. The molecule has 0 radical (unpaired) electrons. The highest BCUT2D eigenvalue weighted by Crippen LogP contribution is 2.26. The van der Waals surface area contributed by atoms with Gasteiger partial charge in [0.05, 0.1) is 10.9 Å². The number of carbonyl (C=O) groups is 2. The SMILES string of the molecule is O=C(NC1CCCC1C(=O)O)c1ccc(Cl)c(F)c1. The largest absolute Gasteiger partial charge is 0.481 e. The Hall–Kier alpha value is -1.62.